The Labute approximate surface area is 155 Å². The van der Waals surface area contributed by atoms with E-state index >= 15 is 0 Å². The van der Waals surface area contributed by atoms with Gasteiger partial charge >= 0.3 is 0 Å². The van der Waals surface area contributed by atoms with Crippen molar-refractivity contribution in [1.82, 2.24) is 14.9 Å². The van der Waals surface area contributed by atoms with Crippen LogP contribution in [0.5, 0.6) is 0 Å². The van der Waals surface area contributed by atoms with Crippen LogP contribution in [0.3, 0.4) is 0 Å². The predicted molar refractivity (Wildman–Crippen MR) is 104 cm³/mol. The summed E-state index contributed by atoms with van der Waals surface area (Å²) in [6.07, 6.45) is 1.10. The fraction of sp³-hybridized carbons (Fsp3) is 1.00. The van der Waals surface area contributed by atoms with Gasteiger partial charge in [-0.15, -0.1) is 0 Å². The van der Waals surface area contributed by atoms with Crippen LogP contribution in [-0.4, -0.2) is 84.7 Å². The topological polar surface area (TPSA) is 54.2 Å². The summed E-state index contributed by atoms with van der Waals surface area (Å²) < 4.78 is 5.92. The van der Waals surface area contributed by atoms with Gasteiger partial charge in [-0.1, -0.05) is 6.92 Å². The van der Waals surface area contributed by atoms with E-state index in [9.17, 15) is 0 Å². The zero-order chi connectivity index (χ0) is 19.3. The van der Waals surface area contributed by atoms with Gasteiger partial charge in [0.15, 0.2) is 0 Å². The Morgan fingerprint density at radius 1 is 0.920 bits per heavy atom. The minimum Gasteiger partial charge on any atom is -0.373 e. The van der Waals surface area contributed by atoms with E-state index < -0.39 is 5.66 Å². The maximum atomic E-state index is 6.54. The van der Waals surface area contributed by atoms with Crippen molar-refractivity contribution in [3.8, 4) is 0 Å². The van der Waals surface area contributed by atoms with E-state index in [-0.39, 0.29) is 11.1 Å². The number of nitrogens with two attached hydrogens (primary N) is 1. The van der Waals surface area contributed by atoms with E-state index in [0.717, 1.165) is 39.1 Å². The van der Waals surface area contributed by atoms with Gasteiger partial charge in [-0.25, -0.2) is 0 Å². The van der Waals surface area contributed by atoms with Crippen molar-refractivity contribution in [2.75, 3.05) is 53.0 Å². The standard InChI is InChI=1S/C19H42N4O2/c1-9-10-21(8)25-15-18(5,6)22-11-13-23(14-12-22)19(7,20)16-24-17(2,3)4/h9-16,20H2,1-8H3. The maximum Gasteiger partial charge on any atom is 0.0899 e. The molecule has 0 amide bonds. The van der Waals surface area contributed by atoms with Crippen LogP contribution in [0.25, 0.3) is 0 Å². The smallest absolute Gasteiger partial charge is 0.0899 e. The van der Waals surface area contributed by atoms with Gasteiger partial charge < -0.3 is 10.5 Å². The van der Waals surface area contributed by atoms with E-state index in [1.54, 1.807) is 0 Å². The molecule has 1 saturated heterocycles. The summed E-state index contributed by atoms with van der Waals surface area (Å²) in [7, 11) is 2.01. The molecule has 1 aliphatic heterocycles. The molecule has 0 aliphatic carbocycles. The molecule has 1 heterocycles. The second-order valence-corrected chi connectivity index (χ2v) is 9.17. The number of hydroxylamine groups is 2. The molecule has 150 valence electrons. The predicted octanol–water partition coefficient (Wildman–Crippen LogP) is 2.15. The lowest BCUT2D eigenvalue weighted by Crippen LogP contribution is -2.65. The van der Waals surface area contributed by atoms with E-state index in [1.807, 2.05) is 12.1 Å². The Kier molecular flexibility index (Phi) is 8.31. The highest BCUT2D eigenvalue weighted by Gasteiger charge is 2.36. The molecule has 0 radical (unpaired) electrons. The van der Waals surface area contributed by atoms with E-state index in [0.29, 0.717) is 13.2 Å². The zero-order valence-corrected chi connectivity index (χ0v) is 17.9. The van der Waals surface area contributed by atoms with E-state index in [2.05, 4.69) is 58.3 Å². The van der Waals surface area contributed by atoms with Gasteiger partial charge in [0, 0.05) is 45.3 Å². The minimum atomic E-state index is -0.429. The van der Waals surface area contributed by atoms with Crippen LogP contribution in [0.1, 0.15) is 54.9 Å². The van der Waals surface area contributed by atoms with Crippen molar-refractivity contribution in [1.29, 1.82) is 0 Å². The Bertz CT molecular complexity index is 385. The van der Waals surface area contributed by atoms with Crippen LogP contribution in [0.2, 0.25) is 0 Å². The number of ether oxygens (including phenoxy) is 1. The molecular weight excluding hydrogens is 316 g/mol. The molecule has 6 heteroatoms. The highest BCUT2D eigenvalue weighted by atomic mass is 16.7. The van der Waals surface area contributed by atoms with Gasteiger partial charge in [-0.2, -0.15) is 5.06 Å². The van der Waals surface area contributed by atoms with Gasteiger partial charge in [-0.05, 0) is 48.0 Å². The summed E-state index contributed by atoms with van der Waals surface area (Å²) in [5.74, 6) is 0. The first-order valence-corrected chi connectivity index (χ1v) is 9.64. The summed E-state index contributed by atoms with van der Waals surface area (Å²) in [4.78, 5) is 10.8. The molecule has 0 aromatic rings. The third-order valence-electron chi connectivity index (χ3n) is 4.83. The average molecular weight is 359 g/mol. The molecule has 0 spiro atoms. The summed E-state index contributed by atoms with van der Waals surface area (Å²) in [5.41, 5.74) is 5.96. The lowest BCUT2D eigenvalue weighted by molar-refractivity contribution is -0.172. The second-order valence-electron chi connectivity index (χ2n) is 9.17. The molecule has 2 N–H and O–H groups in total. The Morgan fingerprint density at radius 3 is 1.92 bits per heavy atom. The lowest BCUT2D eigenvalue weighted by Gasteiger charge is -2.48. The first-order chi connectivity index (χ1) is 11.4. The molecule has 6 nitrogen and oxygen atoms in total. The largest absolute Gasteiger partial charge is 0.373 e. The van der Waals surface area contributed by atoms with Crippen LogP contribution in [0.15, 0.2) is 0 Å². The summed E-state index contributed by atoms with van der Waals surface area (Å²) >= 11 is 0. The van der Waals surface area contributed by atoms with Crippen LogP contribution in [-0.2, 0) is 9.57 Å². The molecule has 0 aromatic carbocycles. The fourth-order valence-electron chi connectivity index (χ4n) is 3.02. The average Bonchev–Trinajstić information content (AvgIpc) is 2.51. The second kappa shape index (κ2) is 9.11. The Hall–Kier alpha value is -0.240. The summed E-state index contributed by atoms with van der Waals surface area (Å²) in [5, 5.41) is 1.94. The first-order valence-electron chi connectivity index (χ1n) is 9.64. The van der Waals surface area contributed by atoms with Crippen LogP contribution in [0, 0.1) is 0 Å². The number of nitrogens with zero attached hydrogens (tertiary/aromatic N) is 3. The first kappa shape index (κ1) is 22.8. The van der Waals surface area contributed by atoms with E-state index in [1.165, 1.54) is 0 Å². The van der Waals surface area contributed by atoms with Crippen LogP contribution in [0.4, 0.5) is 0 Å². The van der Waals surface area contributed by atoms with Crippen molar-refractivity contribution in [2.24, 2.45) is 5.73 Å². The van der Waals surface area contributed by atoms with Crippen molar-refractivity contribution < 1.29 is 9.57 Å². The van der Waals surface area contributed by atoms with Gasteiger partial charge in [0.05, 0.1) is 24.5 Å². The summed E-state index contributed by atoms with van der Waals surface area (Å²) in [6.45, 7) is 21.1. The Balaban J connectivity index is 2.48. The Morgan fingerprint density at radius 2 is 1.44 bits per heavy atom. The maximum absolute atomic E-state index is 6.54. The molecule has 0 bridgehead atoms. The number of hydrogen-bond acceptors (Lipinski definition) is 6. The summed E-state index contributed by atoms with van der Waals surface area (Å²) in [6, 6.07) is 0. The molecule has 25 heavy (non-hydrogen) atoms. The van der Waals surface area contributed by atoms with Gasteiger partial charge in [0.1, 0.15) is 0 Å². The lowest BCUT2D eigenvalue weighted by atomic mass is 10.0. The number of piperazine rings is 1. The van der Waals surface area contributed by atoms with Crippen molar-refractivity contribution in [3.05, 3.63) is 0 Å². The third kappa shape index (κ3) is 7.89. The highest BCUT2D eigenvalue weighted by molar-refractivity contribution is 4.90. The normalized spacial score (nSPS) is 20.9. The van der Waals surface area contributed by atoms with Crippen molar-refractivity contribution in [3.63, 3.8) is 0 Å². The molecule has 1 unspecified atom stereocenters. The molecule has 1 rings (SSSR count). The van der Waals surface area contributed by atoms with E-state index in [4.69, 9.17) is 15.3 Å². The van der Waals surface area contributed by atoms with Gasteiger partial charge in [0.2, 0.25) is 0 Å². The van der Waals surface area contributed by atoms with Crippen molar-refractivity contribution in [2.45, 2.75) is 71.7 Å². The minimum absolute atomic E-state index is 0.0149. The molecular formula is C19H42N4O2. The number of rotatable bonds is 9. The molecule has 0 saturated carbocycles. The molecule has 0 aromatic heterocycles. The van der Waals surface area contributed by atoms with Crippen LogP contribution >= 0.6 is 0 Å². The van der Waals surface area contributed by atoms with Gasteiger partial charge in [0.25, 0.3) is 0 Å². The highest BCUT2D eigenvalue weighted by Crippen LogP contribution is 2.21. The monoisotopic (exact) mass is 358 g/mol. The van der Waals surface area contributed by atoms with Gasteiger partial charge in [-0.3, -0.25) is 14.6 Å². The quantitative estimate of drug-likeness (QED) is 0.638. The molecule has 1 atom stereocenters. The third-order valence-corrected chi connectivity index (χ3v) is 4.83. The van der Waals surface area contributed by atoms with Crippen LogP contribution < -0.4 is 5.73 Å². The SMILES string of the molecule is CCCN(C)OCC(C)(C)N1CCN(C(C)(N)COC(C)(C)C)CC1. The molecule has 1 fully saturated rings. The number of hydrogen-bond donors (Lipinski definition) is 1. The zero-order valence-electron chi connectivity index (χ0n) is 17.9. The van der Waals surface area contributed by atoms with Crippen molar-refractivity contribution >= 4 is 0 Å². The fourth-order valence-corrected chi connectivity index (χ4v) is 3.02. The molecule has 1 aliphatic rings.